The highest BCUT2D eigenvalue weighted by Crippen LogP contribution is 2.72. The summed E-state index contributed by atoms with van der Waals surface area (Å²) in [6.07, 6.45) is 4.78. The van der Waals surface area contributed by atoms with Gasteiger partial charge in [0.25, 0.3) is 0 Å². The van der Waals surface area contributed by atoms with E-state index in [2.05, 4.69) is 20.1 Å². The number of thioether (sulfide) groups is 1. The van der Waals surface area contributed by atoms with E-state index < -0.39 is 39.0 Å². The molecule has 8 heteroatoms. The molecule has 0 radical (unpaired) electrons. The average molecular weight is 540 g/mol. The summed E-state index contributed by atoms with van der Waals surface area (Å²) in [4.78, 5) is 48.0. The van der Waals surface area contributed by atoms with Gasteiger partial charge in [-0.2, -0.15) is 0 Å². The number of aliphatic hydroxyl groups excluding tert-OH is 1. The lowest BCUT2D eigenvalue weighted by atomic mass is 9.66. The van der Waals surface area contributed by atoms with Crippen LogP contribution < -0.4 is 0 Å². The first-order chi connectivity index (χ1) is 17.9. The van der Waals surface area contributed by atoms with Crippen molar-refractivity contribution in [1.82, 2.24) is 14.7 Å². The number of rotatable bonds is 9. The Morgan fingerprint density at radius 3 is 2.34 bits per heavy atom. The van der Waals surface area contributed by atoms with Gasteiger partial charge in [0.1, 0.15) is 6.04 Å². The van der Waals surface area contributed by atoms with Gasteiger partial charge in [-0.05, 0) is 46.1 Å². The van der Waals surface area contributed by atoms with E-state index in [1.165, 1.54) is 0 Å². The van der Waals surface area contributed by atoms with Gasteiger partial charge in [-0.25, -0.2) is 0 Å². The van der Waals surface area contributed by atoms with Crippen molar-refractivity contribution in [2.45, 2.75) is 67.7 Å². The summed E-state index contributed by atoms with van der Waals surface area (Å²) in [5, 5.41) is 10.6. The first kappa shape index (κ1) is 28.4. The van der Waals surface area contributed by atoms with Crippen molar-refractivity contribution in [3.8, 4) is 0 Å². The maximum Gasteiger partial charge on any atom is 0.247 e. The van der Waals surface area contributed by atoms with Crippen molar-refractivity contribution in [3.05, 3.63) is 61.2 Å². The third kappa shape index (κ3) is 4.30. The highest BCUT2D eigenvalue weighted by molar-refractivity contribution is 8.02. The first-order valence-corrected chi connectivity index (χ1v) is 14.2. The second kappa shape index (κ2) is 10.2. The summed E-state index contributed by atoms with van der Waals surface area (Å²) in [6.45, 7) is 16.0. The molecule has 4 rings (SSSR count). The number of amides is 3. The maximum atomic E-state index is 14.6. The van der Waals surface area contributed by atoms with Gasteiger partial charge in [-0.15, -0.1) is 24.9 Å². The number of fused-ring (bicyclic) bond motifs is 1. The second-order valence-corrected chi connectivity index (χ2v) is 13.9. The zero-order valence-electron chi connectivity index (χ0n) is 23.2. The van der Waals surface area contributed by atoms with Crippen molar-refractivity contribution in [3.63, 3.8) is 0 Å². The Morgan fingerprint density at radius 1 is 1.16 bits per heavy atom. The standard InChI is InChI=1S/C30H41N3O4S/c1-8-17-31(7)25(35)22-23-26(36)33(21(19-34)20-13-11-10-12-14-20)24(30(23)16-15-29(22,6)38-30)27(37)32(18-9-2)28(3,4)5/h8-14,21-24,34H,1-2,15-19H2,3-7H3/t21-,22-,23+,24?,29+,30?/m1/s1. The molecule has 1 spiro atoms. The van der Waals surface area contributed by atoms with E-state index in [0.717, 1.165) is 12.0 Å². The lowest BCUT2D eigenvalue weighted by molar-refractivity contribution is -0.149. The number of hydrogen-bond donors (Lipinski definition) is 1. The molecule has 3 fully saturated rings. The molecule has 0 aliphatic carbocycles. The second-order valence-electron chi connectivity index (χ2n) is 12.0. The minimum Gasteiger partial charge on any atom is -0.394 e. The van der Waals surface area contributed by atoms with Gasteiger partial charge in [0, 0.05) is 30.4 Å². The van der Waals surface area contributed by atoms with Crippen molar-refractivity contribution in [2.24, 2.45) is 11.8 Å². The van der Waals surface area contributed by atoms with E-state index in [9.17, 15) is 19.5 Å². The largest absolute Gasteiger partial charge is 0.394 e. The Bertz CT molecular complexity index is 1120. The van der Waals surface area contributed by atoms with Crippen LogP contribution in [0, 0.1) is 11.8 Å². The van der Waals surface area contributed by atoms with E-state index in [1.54, 1.807) is 45.7 Å². The van der Waals surface area contributed by atoms with E-state index in [0.29, 0.717) is 19.5 Å². The summed E-state index contributed by atoms with van der Waals surface area (Å²) >= 11 is 1.65. The molecule has 1 aromatic carbocycles. The zero-order valence-corrected chi connectivity index (χ0v) is 24.0. The predicted molar refractivity (Wildman–Crippen MR) is 151 cm³/mol. The van der Waals surface area contributed by atoms with Gasteiger partial charge in [-0.1, -0.05) is 42.5 Å². The van der Waals surface area contributed by atoms with E-state index in [4.69, 9.17) is 0 Å². The SMILES string of the molecule is C=CCN(C)C(=O)[C@H]1[C@H]2C(=O)N([C@H](CO)c3ccccc3)C(C(=O)N(CC=C)C(C)(C)C)C23CC[C@]1(C)S3. The third-order valence-electron chi connectivity index (χ3n) is 8.57. The van der Waals surface area contributed by atoms with Gasteiger partial charge in [-0.3, -0.25) is 14.4 Å². The van der Waals surface area contributed by atoms with Gasteiger partial charge in [0.2, 0.25) is 17.7 Å². The van der Waals surface area contributed by atoms with Crippen LogP contribution in [0.5, 0.6) is 0 Å². The van der Waals surface area contributed by atoms with Crippen LogP contribution in [0.3, 0.4) is 0 Å². The Hall–Kier alpha value is -2.58. The van der Waals surface area contributed by atoms with Gasteiger partial charge in [0.05, 0.1) is 29.2 Å². The van der Waals surface area contributed by atoms with Crippen molar-refractivity contribution in [1.29, 1.82) is 0 Å². The smallest absolute Gasteiger partial charge is 0.247 e. The van der Waals surface area contributed by atoms with Crippen LogP contribution in [0.15, 0.2) is 55.6 Å². The van der Waals surface area contributed by atoms with Crippen LogP contribution >= 0.6 is 11.8 Å². The van der Waals surface area contributed by atoms with Crippen LogP contribution in [0.1, 0.15) is 52.1 Å². The number of likely N-dealkylation sites (tertiary alicyclic amines) is 1. The van der Waals surface area contributed by atoms with E-state index >= 15 is 0 Å². The summed E-state index contributed by atoms with van der Waals surface area (Å²) < 4.78 is -1.21. The first-order valence-electron chi connectivity index (χ1n) is 13.3. The molecule has 0 aromatic heterocycles. The highest BCUT2D eigenvalue weighted by atomic mass is 32.2. The molecule has 7 nitrogen and oxygen atoms in total. The van der Waals surface area contributed by atoms with Crippen LogP contribution in [0.25, 0.3) is 0 Å². The summed E-state index contributed by atoms with van der Waals surface area (Å²) in [5.74, 6) is -1.68. The number of likely N-dealkylation sites (N-methyl/N-ethyl adjacent to an activating group) is 1. The number of nitrogens with zero attached hydrogens (tertiary/aromatic N) is 3. The van der Waals surface area contributed by atoms with Crippen LogP contribution in [-0.2, 0) is 14.4 Å². The Labute approximate surface area is 230 Å². The summed E-state index contributed by atoms with van der Waals surface area (Å²) in [7, 11) is 1.74. The lowest BCUT2D eigenvalue weighted by Gasteiger charge is -2.43. The molecule has 38 heavy (non-hydrogen) atoms. The molecule has 2 unspecified atom stereocenters. The molecule has 3 aliphatic heterocycles. The number of hydrogen-bond acceptors (Lipinski definition) is 5. The topological polar surface area (TPSA) is 81.2 Å². The van der Waals surface area contributed by atoms with Crippen LogP contribution in [0.2, 0.25) is 0 Å². The van der Waals surface area contributed by atoms with Crippen LogP contribution in [0.4, 0.5) is 0 Å². The predicted octanol–water partition coefficient (Wildman–Crippen LogP) is 3.66. The molecule has 6 atom stereocenters. The molecule has 206 valence electrons. The highest BCUT2D eigenvalue weighted by Gasteiger charge is 2.78. The normalized spacial score (nSPS) is 30.6. The molecule has 1 N–H and O–H groups in total. The fourth-order valence-corrected chi connectivity index (χ4v) is 9.21. The number of carbonyl (C=O) groups excluding carboxylic acids is 3. The maximum absolute atomic E-state index is 14.6. The average Bonchev–Trinajstić information content (AvgIpc) is 3.43. The molecule has 3 aliphatic rings. The fraction of sp³-hybridized carbons (Fsp3) is 0.567. The molecule has 3 amide bonds. The minimum absolute atomic E-state index is 0.0908. The Balaban J connectivity index is 1.89. The summed E-state index contributed by atoms with van der Waals surface area (Å²) in [5.41, 5.74) is 0.252. The van der Waals surface area contributed by atoms with Crippen molar-refractivity contribution >= 4 is 29.5 Å². The monoisotopic (exact) mass is 539 g/mol. The van der Waals surface area contributed by atoms with E-state index in [1.807, 2.05) is 51.1 Å². The molecule has 1 aromatic rings. The number of benzene rings is 1. The Kier molecular flexibility index (Phi) is 7.62. The van der Waals surface area contributed by atoms with Gasteiger partial charge in [0.15, 0.2) is 0 Å². The van der Waals surface area contributed by atoms with Gasteiger partial charge >= 0.3 is 0 Å². The third-order valence-corrected chi connectivity index (χ3v) is 10.6. The fourth-order valence-electron chi connectivity index (χ4n) is 6.88. The number of carbonyl (C=O) groups is 3. The van der Waals surface area contributed by atoms with Gasteiger partial charge < -0.3 is 19.8 Å². The molecule has 2 bridgehead atoms. The Morgan fingerprint density at radius 2 is 1.79 bits per heavy atom. The number of aliphatic hydroxyl groups is 1. The molecular formula is C30H41N3O4S. The molecule has 0 saturated carbocycles. The summed E-state index contributed by atoms with van der Waals surface area (Å²) in [6, 6.07) is 7.85. The van der Waals surface area contributed by atoms with Crippen molar-refractivity contribution < 1.29 is 19.5 Å². The molecule has 3 heterocycles. The van der Waals surface area contributed by atoms with Crippen molar-refractivity contribution in [2.75, 3.05) is 26.7 Å². The molecular weight excluding hydrogens is 498 g/mol. The minimum atomic E-state index is -0.814. The quantitative estimate of drug-likeness (QED) is 0.485. The lowest BCUT2D eigenvalue weighted by Crippen LogP contribution is -2.59. The zero-order chi connectivity index (χ0) is 28.0. The molecule has 3 saturated heterocycles. The van der Waals surface area contributed by atoms with E-state index in [-0.39, 0.29) is 24.3 Å². The van der Waals surface area contributed by atoms with Crippen LogP contribution in [-0.4, -0.2) is 85.3 Å².